The number of ether oxygens (including phenoxy) is 2. The third-order valence-electron chi connectivity index (χ3n) is 2.72. The molecule has 0 radical (unpaired) electrons. The lowest BCUT2D eigenvalue weighted by atomic mass is 10.2. The first-order chi connectivity index (χ1) is 8.46. The standard InChI is InChI=1S/C13H18N2O3/c1-9-6-10(4-5-14-9)12(16)15-7-11-8-17-13(2,3)18-11/h4-6,11H,7-8H2,1-3H3,(H,15,16). The van der Waals surface area contributed by atoms with Crippen LogP contribution in [0.5, 0.6) is 0 Å². The van der Waals surface area contributed by atoms with E-state index in [1.807, 2.05) is 20.8 Å². The van der Waals surface area contributed by atoms with Crippen molar-refractivity contribution in [3.8, 4) is 0 Å². The van der Waals surface area contributed by atoms with E-state index in [0.717, 1.165) is 5.69 Å². The SMILES string of the molecule is Cc1cc(C(=O)NCC2COC(C)(C)O2)ccn1. The maximum atomic E-state index is 11.9. The molecule has 98 valence electrons. The number of pyridine rings is 1. The molecule has 0 aliphatic carbocycles. The molecule has 0 bridgehead atoms. The second kappa shape index (κ2) is 5.04. The Morgan fingerprint density at radius 3 is 3.00 bits per heavy atom. The van der Waals surface area contributed by atoms with E-state index in [9.17, 15) is 4.79 Å². The van der Waals surface area contributed by atoms with Crippen molar-refractivity contribution in [2.75, 3.05) is 13.2 Å². The third-order valence-corrected chi connectivity index (χ3v) is 2.72. The summed E-state index contributed by atoms with van der Waals surface area (Å²) in [5.41, 5.74) is 1.44. The van der Waals surface area contributed by atoms with E-state index in [1.54, 1.807) is 18.3 Å². The number of nitrogens with one attached hydrogen (secondary N) is 1. The van der Waals surface area contributed by atoms with Crippen LogP contribution in [0.1, 0.15) is 29.9 Å². The topological polar surface area (TPSA) is 60.5 Å². The van der Waals surface area contributed by atoms with E-state index in [1.165, 1.54) is 0 Å². The zero-order valence-corrected chi connectivity index (χ0v) is 10.9. The van der Waals surface area contributed by atoms with Crippen LogP contribution in [0.2, 0.25) is 0 Å². The molecule has 1 aliphatic rings. The first-order valence-corrected chi connectivity index (χ1v) is 5.99. The minimum absolute atomic E-state index is 0.0908. The molecular formula is C13H18N2O3. The molecule has 5 heteroatoms. The molecule has 2 heterocycles. The molecule has 1 N–H and O–H groups in total. The number of amides is 1. The summed E-state index contributed by atoms with van der Waals surface area (Å²) < 4.78 is 11.0. The number of rotatable bonds is 3. The van der Waals surface area contributed by atoms with Gasteiger partial charge in [-0.05, 0) is 32.9 Å². The lowest BCUT2D eigenvalue weighted by molar-refractivity contribution is -0.137. The van der Waals surface area contributed by atoms with Crippen LogP contribution in [0.3, 0.4) is 0 Å². The van der Waals surface area contributed by atoms with E-state index in [0.29, 0.717) is 18.7 Å². The van der Waals surface area contributed by atoms with Crippen LogP contribution in [-0.2, 0) is 9.47 Å². The van der Waals surface area contributed by atoms with Gasteiger partial charge in [0.2, 0.25) is 0 Å². The number of carbonyl (C=O) groups is 1. The largest absolute Gasteiger partial charge is 0.349 e. The fraction of sp³-hybridized carbons (Fsp3) is 0.538. The molecule has 0 aromatic carbocycles. The van der Waals surface area contributed by atoms with E-state index >= 15 is 0 Å². The van der Waals surface area contributed by atoms with E-state index < -0.39 is 5.79 Å². The molecule has 2 rings (SSSR count). The summed E-state index contributed by atoms with van der Waals surface area (Å²) in [4.78, 5) is 15.9. The van der Waals surface area contributed by atoms with Gasteiger partial charge in [0.05, 0.1) is 6.61 Å². The van der Waals surface area contributed by atoms with Crippen LogP contribution in [0, 0.1) is 6.92 Å². The van der Waals surface area contributed by atoms with E-state index in [4.69, 9.17) is 9.47 Å². The summed E-state index contributed by atoms with van der Waals surface area (Å²) in [6.07, 6.45) is 1.54. The first kappa shape index (κ1) is 13.0. The predicted molar refractivity (Wildman–Crippen MR) is 66.2 cm³/mol. The molecule has 1 unspecified atom stereocenters. The molecular weight excluding hydrogens is 232 g/mol. The Labute approximate surface area is 107 Å². The summed E-state index contributed by atoms with van der Waals surface area (Å²) in [5.74, 6) is -0.670. The highest BCUT2D eigenvalue weighted by atomic mass is 16.7. The number of aryl methyl sites for hydroxylation is 1. The number of aromatic nitrogens is 1. The molecule has 1 atom stereocenters. The zero-order chi connectivity index (χ0) is 13.2. The summed E-state index contributed by atoms with van der Waals surface area (Å²) in [6.45, 7) is 6.53. The van der Waals surface area contributed by atoms with Crippen LogP contribution < -0.4 is 5.32 Å². The van der Waals surface area contributed by atoms with Crippen LogP contribution in [-0.4, -0.2) is 35.9 Å². The maximum Gasteiger partial charge on any atom is 0.251 e. The zero-order valence-electron chi connectivity index (χ0n) is 10.9. The van der Waals surface area contributed by atoms with Crippen molar-refractivity contribution >= 4 is 5.91 Å². The highest BCUT2D eigenvalue weighted by Gasteiger charge is 2.32. The minimum atomic E-state index is -0.553. The van der Waals surface area contributed by atoms with Crippen molar-refractivity contribution in [3.05, 3.63) is 29.6 Å². The molecule has 1 saturated heterocycles. The molecule has 1 amide bonds. The summed E-state index contributed by atoms with van der Waals surface area (Å²) in [7, 11) is 0. The highest BCUT2D eigenvalue weighted by molar-refractivity contribution is 5.94. The predicted octanol–water partition coefficient (Wildman–Crippen LogP) is 1.27. The van der Waals surface area contributed by atoms with Crippen molar-refractivity contribution in [2.24, 2.45) is 0 Å². The lowest BCUT2D eigenvalue weighted by Crippen LogP contribution is -2.34. The van der Waals surface area contributed by atoms with Crippen LogP contribution in [0.25, 0.3) is 0 Å². The molecule has 0 saturated carbocycles. The Balaban J connectivity index is 1.86. The van der Waals surface area contributed by atoms with Gasteiger partial charge in [-0.3, -0.25) is 9.78 Å². The van der Waals surface area contributed by atoms with Crippen molar-refractivity contribution in [1.82, 2.24) is 10.3 Å². The average Bonchev–Trinajstić information content (AvgIpc) is 2.66. The number of carbonyl (C=O) groups excluding carboxylic acids is 1. The van der Waals surface area contributed by atoms with Gasteiger partial charge in [0.15, 0.2) is 5.79 Å². The van der Waals surface area contributed by atoms with Gasteiger partial charge in [-0.2, -0.15) is 0 Å². The molecule has 1 aromatic heterocycles. The van der Waals surface area contributed by atoms with Crippen LogP contribution in [0.15, 0.2) is 18.3 Å². The van der Waals surface area contributed by atoms with Gasteiger partial charge in [-0.15, -0.1) is 0 Å². The number of nitrogens with zero attached hydrogens (tertiary/aromatic N) is 1. The second-order valence-corrected chi connectivity index (χ2v) is 4.85. The maximum absolute atomic E-state index is 11.9. The summed E-state index contributed by atoms with van der Waals surface area (Å²) in [6, 6.07) is 3.45. The Morgan fingerprint density at radius 2 is 2.39 bits per heavy atom. The van der Waals surface area contributed by atoms with Gasteiger partial charge in [0.1, 0.15) is 6.10 Å². The minimum Gasteiger partial charge on any atom is -0.349 e. The van der Waals surface area contributed by atoms with E-state index in [-0.39, 0.29) is 12.0 Å². The summed E-state index contributed by atoms with van der Waals surface area (Å²) in [5, 5.41) is 2.83. The van der Waals surface area contributed by atoms with Gasteiger partial charge in [0.25, 0.3) is 5.91 Å². The molecule has 18 heavy (non-hydrogen) atoms. The fourth-order valence-electron chi connectivity index (χ4n) is 1.86. The van der Waals surface area contributed by atoms with Crippen LogP contribution >= 0.6 is 0 Å². The second-order valence-electron chi connectivity index (χ2n) is 4.85. The molecule has 1 aromatic rings. The Hall–Kier alpha value is -1.46. The molecule has 0 spiro atoms. The molecule has 5 nitrogen and oxygen atoms in total. The smallest absolute Gasteiger partial charge is 0.251 e. The van der Waals surface area contributed by atoms with E-state index in [2.05, 4.69) is 10.3 Å². The lowest BCUT2D eigenvalue weighted by Gasteiger charge is -2.17. The average molecular weight is 250 g/mol. The van der Waals surface area contributed by atoms with Crippen LogP contribution in [0.4, 0.5) is 0 Å². The highest BCUT2D eigenvalue weighted by Crippen LogP contribution is 2.21. The third kappa shape index (κ3) is 3.27. The van der Waals surface area contributed by atoms with Gasteiger partial charge in [0, 0.05) is 24.0 Å². The monoisotopic (exact) mass is 250 g/mol. The van der Waals surface area contributed by atoms with Crippen molar-refractivity contribution < 1.29 is 14.3 Å². The van der Waals surface area contributed by atoms with Gasteiger partial charge in [-0.25, -0.2) is 0 Å². The summed E-state index contributed by atoms with van der Waals surface area (Å²) >= 11 is 0. The molecule has 1 aliphatic heterocycles. The van der Waals surface area contributed by atoms with Crippen molar-refractivity contribution in [1.29, 1.82) is 0 Å². The van der Waals surface area contributed by atoms with Gasteiger partial charge in [-0.1, -0.05) is 0 Å². The quantitative estimate of drug-likeness (QED) is 0.877. The Morgan fingerprint density at radius 1 is 1.61 bits per heavy atom. The first-order valence-electron chi connectivity index (χ1n) is 5.99. The number of hydrogen-bond donors (Lipinski definition) is 1. The Bertz CT molecular complexity index is 446. The molecule has 1 fully saturated rings. The van der Waals surface area contributed by atoms with Gasteiger partial charge >= 0.3 is 0 Å². The van der Waals surface area contributed by atoms with Crippen molar-refractivity contribution in [2.45, 2.75) is 32.7 Å². The fourth-order valence-corrected chi connectivity index (χ4v) is 1.86. The normalized spacial score (nSPS) is 21.8. The van der Waals surface area contributed by atoms with Crippen molar-refractivity contribution in [3.63, 3.8) is 0 Å². The number of hydrogen-bond acceptors (Lipinski definition) is 4. The van der Waals surface area contributed by atoms with Gasteiger partial charge < -0.3 is 14.8 Å². The Kier molecular flexibility index (Phi) is 3.63.